The highest BCUT2D eigenvalue weighted by atomic mass is 16.2. The number of hydrogen-bond donors (Lipinski definition) is 0. The summed E-state index contributed by atoms with van der Waals surface area (Å²) < 4.78 is 1.74. The van der Waals surface area contributed by atoms with E-state index in [4.69, 9.17) is 5.10 Å². The first-order valence-electron chi connectivity index (χ1n) is 10.8. The highest BCUT2D eigenvalue weighted by molar-refractivity contribution is 6.09. The minimum atomic E-state index is -0.0946. The number of hydrazone groups is 1. The highest BCUT2D eigenvalue weighted by Gasteiger charge is 2.44. The van der Waals surface area contributed by atoms with Crippen LogP contribution in [0.3, 0.4) is 0 Å². The number of nitrogens with zero attached hydrogens (tertiary/aromatic N) is 4. The number of aryl methyl sites for hydroxylation is 1. The quantitative estimate of drug-likeness (QED) is 0.598. The Morgan fingerprint density at radius 1 is 1.06 bits per heavy atom. The van der Waals surface area contributed by atoms with Crippen LogP contribution in [0.15, 0.2) is 77.5 Å². The van der Waals surface area contributed by atoms with E-state index in [1.807, 2.05) is 38.2 Å². The van der Waals surface area contributed by atoms with Gasteiger partial charge in [-0.05, 0) is 49.0 Å². The van der Waals surface area contributed by atoms with Crippen LogP contribution in [0.5, 0.6) is 0 Å². The third-order valence-electron chi connectivity index (χ3n) is 6.46. The van der Waals surface area contributed by atoms with E-state index in [9.17, 15) is 4.79 Å². The van der Waals surface area contributed by atoms with Crippen molar-refractivity contribution in [3.8, 4) is 0 Å². The zero-order valence-electron chi connectivity index (χ0n) is 17.9. The average molecular weight is 411 g/mol. The third kappa shape index (κ3) is 3.50. The number of carbonyl (C=O) groups is 1. The van der Waals surface area contributed by atoms with E-state index in [-0.39, 0.29) is 17.9 Å². The molecule has 5 heteroatoms. The van der Waals surface area contributed by atoms with Crippen molar-refractivity contribution in [3.05, 3.63) is 94.8 Å². The fraction of sp³-hybridized carbons (Fsp3) is 0.269. The van der Waals surface area contributed by atoms with Crippen molar-refractivity contribution in [2.75, 3.05) is 0 Å². The summed E-state index contributed by atoms with van der Waals surface area (Å²) in [5.74, 6) is 0.118. The Morgan fingerprint density at radius 2 is 1.77 bits per heavy atom. The molecule has 5 nitrogen and oxygen atoms in total. The summed E-state index contributed by atoms with van der Waals surface area (Å²) in [6.07, 6.45) is 7.00. The van der Waals surface area contributed by atoms with Gasteiger partial charge in [0.15, 0.2) is 0 Å². The molecule has 2 aromatic carbocycles. The molecule has 1 saturated carbocycles. The third-order valence-corrected chi connectivity index (χ3v) is 6.46. The van der Waals surface area contributed by atoms with Crippen LogP contribution in [0.25, 0.3) is 6.08 Å². The van der Waals surface area contributed by atoms with Crippen LogP contribution < -0.4 is 0 Å². The summed E-state index contributed by atoms with van der Waals surface area (Å²) in [6.45, 7) is 1.93. The van der Waals surface area contributed by atoms with Gasteiger partial charge in [0.1, 0.15) is 0 Å². The summed E-state index contributed by atoms with van der Waals surface area (Å²) in [5.41, 5.74) is 6.06. The summed E-state index contributed by atoms with van der Waals surface area (Å²) in [7, 11) is 1.86. The predicted octanol–water partition coefficient (Wildman–Crippen LogP) is 5.17. The van der Waals surface area contributed by atoms with Crippen LogP contribution in [0.4, 0.5) is 0 Å². The van der Waals surface area contributed by atoms with Crippen LogP contribution in [0.2, 0.25) is 0 Å². The molecule has 2 aliphatic rings. The lowest BCUT2D eigenvalue weighted by atomic mass is 9.77. The Hall–Kier alpha value is -3.47. The molecule has 0 radical (unpaired) electrons. The van der Waals surface area contributed by atoms with Gasteiger partial charge in [-0.25, -0.2) is 5.01 Å². The van der Waals surface area contributed by atoms with Crippen molar-refractivity contribution in [2.45, 2.75) is 32.2 Å². The fourth-order valence-corrected chi connectivity index (χ4v) is 4.73. The van der Waals surface area contributed by atoms with Gasteiger partial charge in [0, 0.05) is 18.7 Å². The van der Waals surface area contributed by atoms with E-state index in [0.717, 1.165) is 36.2 Å². The standard InChI is InChI=1S/C26H26N4O/c1-18-23(17-27-29(18)2)26(31)30-25(20-12-7-4-8-13-20)22-15-9-14-21(24(22)28-30)16-19-10-5-3-6-11-19/h3-8,10-13,16-17,22,25H,9,14-15H2,1-2H3/b21-16+/t22-,25+/m0/s1. The number of amides is 1. The Bertz CT molecular complexity index is 1160. The lowest BCUT2D eigenvalue weighted by Gasteiger charge is -2.29. The Labute approximate surface area is 182 Å². The first kappa shape index (κ1) is 19.5. The summed E-state index contributed by atoms with van der Waals surface area (Å²) in [5, 5.41) is 11.0. The maximum atomic E-state index is 13.6. The topological polar surface area (TPSA) is 50.5 Å². The van der Waals surface area contributed by atoms with Crippen molar-refractivity contribution < 1.29 is 4.79 Å². The van der Waals surface area contributed by atoms with Crippen LogP contribution in [0.1, 0.15) is 52.5 Å². The van der Waals surface area contributed by atoms with E-state index >= 15 is 0 Å². The monoisotopic (exact) mass is 410 g/mol. The summed E-state index contributed by atoms with van der Waals surface area (Å²) in [4.78, 5) is 13.6. The molecule has 5 rings (SSSR count). The smallest absolute Gasteiger partial charge is 0.272 e. The van der Waals surface area contributed by atoms with Crippen molar-refractivity contribution in [1.82, 2.24) is 14.8 Å². The van der Waals surface area contributed by atoms with Gasteiger partial charge in [0.25, 0.3) is 5.91 Å². The Balaban J connectivity index is 1.59. The van der Waals surface area contributed by atoms with Crippen LogP contribution in [-0.4, -0.2) is 26.4 Å². The predicted molar refractivity (Wildman–Crippen MR) is 122 cm³/mol. The molecule has 156 valence electrons. The molecule has 1 aromatic heterocycles. The van der Waals surface area contributed by atoms with Gasteiger partial charge in [-0.15, -0.1) is 0 Å². The van der Waals surface area contributed by atoms with Gasteiger partial charge in [-0.2, -0.15) is 10.2 Å². The number of aromatic nitrogens is 2. The zero-order chi connectivity index (χ0) is 21.4. The molecule has 3 aromatic rings. The number of rotatable bonds is 3. The average Bonchev–Trinajstić information content (AvgIpc) is 3.36. The van der Waals surface area contributed by atoms with Crippen molar-refractivity contribution in [2.24, 2.45) is 18.1 Å². The first-order valence-corrected chi connectivity index (χ1v) is 10.8. The van der Waals surface area contributed by atoms with E-state index in [1.54, 1.807) is 15.9 Å². The second-order valence-electron chi connectivity index (χ2n) is 8.34. The van der Waals surface area contributed by atoms with Gasteiger partial charge >= 0.3 is 0 Å². The van der Waals surface area contributed by atoms with Gasteiger partial charge in [0.05, 0.1) is 23.5 Å². The Morgan fingerprint density at radius 3 is 2.45 bits per heavy atom. The molecule has 1 aliphatic carbocycles. The van der Waals surface area contributed by atoms with E-state index in [1.165, 1.54) is 11.1 Å². The molecule has 0 N–H and O–H groups in total. The molecule has 1 aliphatic heterocycles. The second-order valence-corrected chi connectivity index (χ2v) is 8.34. The normalized spacial score (nSPS) is 21.8. The molecule has 31 heavy (non-hydrogen) atoms. The minimum Gasteiger partial charge on any atom is -0.272 e. The van der Waals surface area contributed by atoms with Gasteiger partial charge in [-0.3, -0.25) is 9.48 Å². The number of allylic oxidation sites excluding steroid dienone is 1. The number of benzene rings is 2. The molecule has 0 saturated heterocycles. The van der Waals surface area contributed by atoms with Gasteiger partial charge < -0.3 is 0 Å². The molecule has 0 spiro atoms. The summed E-state index contributed by atoms with van der Waals surface area (Å²) in [6, 6.07) is 20.6. The lowest BCUT2D eigenvalue weighted by molar-refractivity contribution is 0.0680. The molecular formula is C26H26N4O. The molecule has 0 unspecified atom stereocenters. The molecular weight excluding hydrogens is 384 g/mol. The van der Waals surface area contributed by atoms with Gasteiger partial charge in [-0.1, -0.05) is 60.7 Å². The van der Waals surface area contributed by atoms with E-state index in [0.29, 0.717) is 5.56 Å². The van der Waals surface area contributed by atoms with Crippen LogP contribution >= 0.6 is 0 Å². The Kier molecular flexibility index (Phi) is 5.02. The number of hydrogen-bond acceptors (Lipinski definition) is 3. The SMILES string of the molecule is Cc1c(C(=O)N2N=C3/C(=C/c4ccccc4)CCC[C@@H]3[C@H]2c2ccccc2)cnn1C. The number of fused-ring (bicyclic) bond motifs is 1. The largest absolute Gasteiger partial charge is 0.278 e. The maximum Gasteiger partial charge on any atom is 0.278 e. The van der Waals surface area contributed by atoms with Gasteiger partial charge in [0.2, 0.25) is 0 Å². The van der Waals surface area contributed by atoms with Crippen LogP contribution in [0, 0.1) is 12.8 Å². The summed E-state index contributed by atoms with van der Waals surface area (Å²) >= 11 is 0. The van der Waals surface area contributed by atoms with Crippen molar-refractivity contribution in [3.63, 3.8) is 0 Å². The molecule has 0 bridgehead atoms. The molecule has 1 amide bonds. The maximum absolute atomic E-state index is 13.6. The van der Waals surface area contributed by atoms with E-state index in [2.05, 4.69) is 47.6 Å². The molecule has 2 heterocycles. The lowest BCUT2D eigenvalue weighted by Crippen LogP contribution is -2.32. The van der Waals surface area contributed by atoms with E-state index < -0.39 is 0 Å². The fourth-order valence-electron chi connectivity index (χ4n) is 4.73. The number of carbonyl (C=O) groups excluding carboxylic acids is 1. The zero-order valence-corrected chi connectivity index (χ0v) is 17.9. The molecule has 2 atom stereocenters. The van der Waals surface area contributed by atoms with Crippen molar-refractivity contribution in [1.29, 1.82) is 0 Å². The van der Waals surface area contributed by atoms with Crippen molar-refractivity contribution >= 4 is 17.7 Å². The second kappa shape index (κ2) is 7.99. The van der Waals surface area contributed by atoms with Crippen LogP contribution in [-0.2, 0) is 7.05 Å². The highest BCUT2D eigenvalue weighted by Crippen LogP contribution is 2.45. The minimum absolute atomic E-state index is 0.0829. The molecule has 1 fully saturated rings. The first-order chi connectivity index (χ1) is 15.1.